The van der Waals surface area contributed by atoms with E-state index in [9.17, 15) is 4.79 Å². The highest BCUT2D eigenvalue weighted by Gasteiger charge is 2.18. The molecule has 0 spiro atoms. The molecule has 0 bridgehead atoms. The number of nitrogens with two attached hydrogens (primary N) is 2. The minimum Gasteiger partial charge on any atom is -0.382 e. The van der Waals surface area contributed by atoms with Crippen molar-refractivity contribution >= 4 is 29.1 Å². The molecule has 0 aliphatic carbocycles. The van der Waals surface area contributed by atoms with Crippen molar-refractivity contribution in [3.05, 3.63) is 10.8 Å². The second kappa shape index (κ2) is 8.14. The maximum absolute atomic E-state index is 12.1. The first-order valence-electron chi connectivity index (χ1n) is 7.45. The van der Waals surface area contributed by atoms with Crippen molar-refractivity contribution < 1.29 is 9.28 Å². The number of quaternary nitrogens is 1. The van der Waals surface area contributed by atoms with E-state index < -0.39 is 0 Å². The fourth-order valence-electron chi connectivity index (χ4n) is 2.07. The summed E-state index contributed by atoms with van der Waals surface area (Å²) in [6.45, 7) is 4.62. The smallest absolute Gasteiger partial charge is 0.273 e. The molecule has 0 aliphatic heterocycles. The molecule has 5 N–H and O–H groups in total. The number of aromatic nitrogens is 2. The number of halogens is 1. The molecule has 0 aromatic carbocycles. The Morgan fingerprint density at radius 3 is 2.50 bits per heavy atom. The van der Waals surface area contributed by atoms with Gasteiger partial charge in [0.15, 0.2) is 22.5 Å². The van der Waals surface area contributed by atoms with Gasteiger partial charge in [0.2, 0.25) is 0 Å². The van der Waals surface area contributed by atoms with Gasteiger partial charge in [-0.2, -0.15) is 0 Å². The lowest BCUT2D eigenvalue weighted by Gasteiger charge is -2.29. The third-order valence-electron chi connectivity index (χ3n) is 3.49. The second-order valence-corrected chi connectivity index (χ2v) is 6.34. The van der Waals surface area contributed by atoms with Crippen LogP contribution >= 0.6 is 11.6 Å². The molecular weight excluding hydrogens is 304 g/mol. The second-order valence-electron chi connectivity index (χ2n) is 5.98. The fraction of sp³-hybridized carbons (Fsp3) is 0.643. The molecule has 0 saturated heterocycles. The molecule has 1 aromatic rings. The number of anilines is 2. The van der Waals surface area contributed by atoms with Crippen LogP contribution in [0.3, 0.4) is 0 Å². The molecule has 0 saturated carbocycles. The Morgan fingerprint density at radius 1 is 1.18 bits per heavy atom. The van der Waals surface area contributed by atoms with E-state index in [0.717, 1.165) is 17.6 Å². The number of carbonyl (C=O) groups is 1. The standard InChI is InChI=1S/C14H25ClN6O/c1-4-5-6-8-21(2,3)9-7-18-14(22)10-12(16)20-13(17)11(15)19-10/h4-9H2,1-3H3,(H4-,16,17,18,20,22)/p+1. The minimum absolute atomic E-state index is 0.00971. The van der Waals surface area contributed by atoms with Gasteiger partial charge in [-0.05, 0) is 12.8 Å². The van der Waals surface area contributed by atoms with Gasteiger partial charge < -0.3 is 21.3 Å². The molecule has 124 valence electrons. The normalized spacial score (nSPS) is 11.5. The van der Waals surface area contributed by atoms with Crippen LogP contribution in [0.25, 0.3) is 0 Å². The topological polar surface area (TPSA) is 107 Å². The van der Waals surface area contributed by atoms with E-state index >= 15 is 0 Å². The van der Waals surface area contributed by atoms with Gasteiger partial charge in [-0.3, -0.25) is 4.79 Å². The summed E-state index contributed by atoms with van der Waals surface area (Å²) in [6.07, 6.45) is 3.61. The zero-order valence-corrected chi connectivity index (χ0v) is 14.3. The van der Waals surface area contributed by atoms with Crippen LogP contribution in [0.15, 0.2) is 0 Å². The molecule has 0 radical (unpaired) electrons. The van der Waals surface area contributed by atoms with Gasteiger partial charge in [-0.25, -0.2) is 9.97 Å². The Morgan fingerprint density at radius 2 is 1.86 bits per heavy atom. The minimum atomic E-state index is -0.388. The third kappa shape index (κ3) is 5.65. The van der Waals surface area contributed by atoms with E-state index in [4.69, 9.17) is 23.1 Å². The van der Waals surface area contributed by atoms with Crippen molar-refractivity contribution in [1.82, 2.24) is 15.3 Å². The van der Waals surface area contributed by atoms with E-state index in [1.165, 1.54) is 19.3 Å². The van der Waals surface area contributed by atoms with Crippen molar-refractivity contribution in [2.45, 2.75) is 26.2 Å². The lowest BCUT2D eigenvalue weighted by atomic mass is 10.2. The summed E-state index contributed by atoms with van der Waals surface area (Å²) in [4.78, 5) is 19.8. The number of carbonyl (C=O) groups excluding carboxylic acids is 1. The zero-order chi connectivity index (χ0) is 16.8. The molecule has 22 heavy (non-hydrogen) atoms. The highest BCUT2D eigenvalue weighted by molar-refractivity contribution is 6.31. The monoisotopic (exact) mass is 329 g/mol. The van der Waals surface area contributed by atoms with Crippen LogP contribution in [-0.4, -0.2) is 54.1 Å². The quantitative estimate of drug-likeness (QED) is 0.492. The number of nitrogen functional groups attached to an aromatic ring is 2. The van der Waals surface area contributed by atoms with Crippen LogP contribution in [0.2, 0.25) is 5.15 Å². The number of rotatable bonds is 8. The fourth-order valence-corrected chi connectivity index (χ4v) is 2.19. The largest absolute Gasteiger partial charge is 0.382 e. The van der Waals surface area contributed by atoms with Crippen LogP contribution in [0.1, 0.15) is 36.7 Å². The number of unbranched alkanes of at least 4 members (excludes halogenated alkanes) is 2. The third-order valence-corrected chi connectivity index (χ3v) is 3.77. The summed E-state index contributed by atoms with van der Waals surface area (Å²) >= 11 is 5.77. The molecule has 1 heterocycles. The SMILES string of the molecule is CCCCC[N+](C)(C)CCNC(=O)c1nc(Cl)c(N)nc1N. The first-order chi connectivity index (χ1) is 10.3. The number of nitrogens with one attached hydrogen (secondary N) is 1. The number of amides is 1. The van der Waals surface area contributed by atoms with Crippen LogP contribution in [-0.2, 0) is 0 Å². The number of hydrogen-bond acceptors (Lipinski definition) is 5. The molecule has 7 nitrogen and oxygen atoms in total. The molecule has 0 fully saturated rings. The first kappa shape index (κ1) is 18.4. The van der Waals surface area contributed by atoms with Crippen LogP contribution < -0.4 is 16.8 Å². The van der Waals surface area contributed by atoms with Gasteiger partial charge >= 0.3 is 0 Å². The van der Waals surface area contributed by atoms with Crippen molar-refractivity contribution in [3.63, 3.8) is 0 Å². The Balaban J connectivity index is 2.51. The molecular formula is C14H26ClN6O+. The number of likely N-dealkylation sites (N-methyl/N-ethyl adjacent to an activating group) is 1. The van der Waals surface area contributed by atoms with E-state index in [0.29, 0.717) is 6.54 Å². The summed E-state index contributed by atoms with van der Waals surface area (Å²) < 4.78 is 0.851. The molecule has 0 unspecified atom stereocenters. The predicted octanol–water partition coefficient (Wildman–Crippen LogP) is 1.29. The molecule has 0 aliphatic rings. The summed E-state index contributed by atoms with van der Waals surface area (Å²) in [5, 5.41) is 2.78. The first-order valence-corrected chi connectivity index (χ1v) is 7.83. The van der Waals surface area contributed by atoms with Gasteiger partial charge in [-0.15, -0.1) is 0 Å². The van der Waals surface area contributed by atoms with Gasteiger partial charge in [0, 0.05) is 0 Å². The van der Waals surface area contributed by atoms with E-state index in [1.54, 1.807) is 0 Å². The van der Waals surface area contributed by atoms with Crippen molar-refractivity contribution in [1.29, 1.82) is 0 Å². The molecule has 1 rings (SSSR count). The summed E-state index contributed by atoms with van der Waals surface area (Å²) in [6, 6.07) is 0. The molecule has 8 heteroatoms. The van der Waals surface area contributed by atoms with Gasteiger partial charge in [-0.1, -0.05) is 24.9 Å². The predicted molar refractivity (Wildman–Crippen MR) is 89.6 cm³/mol. The number of hydrogen-bond donors (Lipinski definition) is 3. The number of nitrogens with zero attached hydrogens (tertiary/aromatic N) is 3. The van der Waals surface area contributed by atoms with Gasteiger partial charge in [0.05, 0.1) is 33.7 Å². The molecule has 1 amide bonds. The Labute approximate surface area is 136 Å². The lowest BCUT2D eigenvalue weighted by molar-refractivity contribution is -0.889. The Bertz CT molecular complexity index is 520. The van der Waals surface area contributed by atoms with E-state index in [-0.39, 0.29) is 28.4 Å². The maximum Gasteiger partial charge on any atom is 0.273 e. The Kier molecular flexibility index (Phi) is 6.83. The maximum atomic E-state index is 12.1. The summed E-state index contributed by atoms with van der Waals surface area (Å²) in [5.74, 6) is -0.388. The highest BCUT2D eigenvalue weighted by atomic mass is 35.5. The van der Waals surface area contributed by atoms with Crippen LogP contribution in [0.5, 0.6) is 0 Å². The summed E-state index contributed by atoms with van der Waals surface area (Å²) in [7, 11) is 4.30. The average Bonchev–Trinajstić information content (AvgIpc) is 2.42. The van der Waals surface area contributed by atoms with Crippen LogP contribution in [0, 0.1) is 0 Å². The molecule has 0 atom stereocenters. The zero-order valence-electron chi connectivity index (χ0n) is 13.5. The Hall–Kier alpha value is -1.60. The molecule has 1 aromatic heterocycles. The van der Waals surface area contributed by atoms with Crippen molar-refractivity contribution in [3.8, 4) is 0 Å². The average molecular weight is 330 g/mol. The van der Waals surface area contributed by atoms with Gasteiger partial charge in [0.25, 0.3) is 5.91 Å². The summed E-state index contributed by atoms with van der Waals surface area (Å²) in [5.41, 5.74) is 11.1. The highest BCUT2D eigenvalue weighted by Crippen LogP contribution is 2.17. The van der Waals surface area contributed by atoms with Crippen molar-refractivity contribution in [2.75, 3.05) is 45.2 Å². The van der Waals surface area contributed by atoms with Crippen LogP contribution in [0.4, 0.5) is 11.6 Å². The lowest BCUT2D eigenvalue weighted by Crippen LogP contribution is -2.46. The van der Waals surface area contributed by atoms with E-state index in [1.807, 2.05) is 0 Å². The van der Waals surface area contributed by atoms with E-state index in [2.05, 4.69) is 36.3 Å². The van der Waals surface area contributed by atoms with Crippen molar-refractivity contribution in [2.24, 2.45) is 0 Å². The van der Waals surface area contributed by atoms with Gasteiger partial charge in [0.1, 0.15) is 0 Å².